The van der Waals surface area contributed by atoms with Crippen molar-refractivity contribution in [3.05, 3.63) is 55.6 Å². The molecule has 9 heteroatoms. The number of nitro groups is 1. The Kier molecular flexibility index (Phi) is 4.39. The van der Waals surface area contributed by atoms with Crippen LogP contribution >= 0.6 is 27.5 Å². The lowest BCUT2D eigenvalue weighted by molar-refractivity contribution is -0.386. The zero-order chi connectivity index (χ0) is 15.6. The average Bonchev–Trinajstić information content (AvgIpc) is 2.42. The molecule has 0 spiro atoms. The lowest BCUT2D eigenvalue weighted by Gasteiger charge is -2.07. The van der Waals surface area contributed by atoms with E-state index in [1.807, 2.05) is 0 Å². The van der Waals surface area contributed by atoms with Crippen molar-refractivity contribution in [2.75, 3.05) is 0 Å². The third kappa shape index (κ3) is 3.47. The van der Waals surface area contributed by atoms with E-state index in [1.54, 1.807) is 0 Å². The fourth-order valence-corrected chi connectivity index (χ4v) is 1.98. The molecule has 7 nitrogen and oxygen atoms in total. The highest BCUT2D eigenvalue weighted by atomic mass is 79.9. The van der Waals surface area contributed by atoms with Crippen LogP contribution in [-0.2, 0) is 0 Å². The van der Waals surface area contributed by atoms with Gasteiger partial charge in [0, 0.05) is 16.7 Å². The SMILES string of the molecule is O=C(O)c1ccc(Oc2ncc(Br)cc2[N+](=O)[O-])c(Cl)c1. The van der Waals surface area contributed by atoms with Crippen LogP contribution in [0.5, 0.6) is 11.6 Å². The van der Waals surface area contributed by atoms with Crippen LogP contribution in [0.3, 0.4) is 0 Å². The largest absolute Gasteiger partial charge is 0.478 e. The van der Waals surface area contributed by atoms with Gasteiger partial charge in [-0.2, -0.15) is 0 Å². The minimum atomic E-state index is -1.14. The number of carbonyl (C=O) groups is 1. The number of carboxylic acids is 1. The van der Waals surface area contributed by atoms with Crippen LogP contribution in [0.1, 0.15) is 10.4 Å². The van der Waals surface area contributed by atoms with Gasteiger partial charge in [0.25, 0.3) is 5.88 Å². The zero-order valence-corrected chi connectivity index (χ0v) is 12.5. The standard InChI is InChI=1S/C12H6BrClN2O5/c13-7-4-9(16(19)20)11(15-5-7)21-10-2-1-6(12(17)18)3-8(10)14/h1-5H,(H,17,18). The van der Waals surface area contributed by atoms with Gasteiger partial charge in [0.2, 0.25) is 0 Å². The molecule has 0 radical (unpaired) electrons. The van der Waals surface area contributed by atoms with Crippen molar-refractivity contribution >= 4 is 39.2 Å². The monoisotopic (exact) mass is 372 g/mol. The number of benzene rings is 1. The third-order valence-corrected chi connectivity index (χ3v) is 3.11. The Labute approximate surface area is 131 Å². The lowest BCUT2D eigenvalue weighted by atomic mass is 10.2. The van der Waals surface area contributed by atoms with Gasteiger partial charge in [-0.05, 0) is 34.1 Å². The molecule has 21 heavy (non-hydrogen) atoms. The molecule has 0 aliphatic carbocycles. The second-order valence-electron chi connectivity index (χ2n) is 3.79. The van der Waals surface area contributed by atoms with E-state index in [0.717, 1.165) is 0 Å². The van der Waals surface area contributed by atoms with Crippen molar-refractivity contribution in [3.63, 3.8) is 0 Å². The molecule has 0 bridgehead atoms. The van der Waals surface area contributed by atoms with Crippen LogP contribution in [0.2, 0.25) is 5.02 Å². The number of aromatic carboxylic acids is 1. The van der Waals surface area contributed by atoms with Crippen LogP contribution in [0.25, 0.3) is 0 Å². The molecule has 0 fully saturated rings. The molecule has 0 atom stereocenters. The second kappa shape index (κ2) is 6.06. The number of hydrogen-bond donors (Lipinski definition) is 1. The first-order valence-corrected chi connectivity index (χ1v) is 6.56. The first-order valence-electron chi connectivity index (χ1n) is 5.39. The van der Waals surface area contributed by atoms with Gasteiger partial charge in [0.15, 0.2) is 0 Å². The highest BCUT2D eigenvalue weighted by molar-refractivity contribution is 9.10. The van der Waals surface area contributed by atoms with Gasteiger partial charge in [-0.1, -0.05) is 11.6 Å². The van der Waals surface area contributed by atoms with Crippen molar-refractivity contribution in [3.8, 4) is 11.6 Å². The van der Waals surface area contributed by atoms with Gasteiger partial charge >= 0.3 is 11.7 Å². The first kappa shape index (κ1) is 15.2. The van der Waals surface area contributed by atoms with Crippen LogP contribution in [0.4, 0.5) is 5.69 Å². The molecule has 0 saturated carbocycles. The number of pyridine rings is 1. The van der Waals surface area contributed by atoms with E-state index in [4.69, 9.17) is 21.4 Å². The lowest BCUT2D eigenvalue weighted by Crippen LogP contribution is -1.98. The number of hydrogen-bond acceptors (Lipinski definition) is 5. The topological polar surface area (TPSA) is 103 Å². The van der Waals surface area contributed by atoms with E-state index in [0.29, 0.717) is 4.47 Å². The van der Waals surface area contributed by atoms with Crippen molar-refractivity contribution < 1.29 is 19.6 Å². The van der Waals surface area contributed by atoms with Crippen molar-refractivity contribution in [2.24, 2.45) is 0 Å². The Bertz CT molecular complexity index is 738. The summed E-state index contributed by atoms with van der Waals surface area (Å²) in [6, 6.07) is 5.00. The van der Waals surface area contributed by atoms with Gasteiger partial charge in [0.05, 0.1) is 15.5 Å². The number of aromatic nitrogens is 1. The number of halogens is 2. The molecule has 108 valence electrons. The number of rotatable bonds is 4. The molecule has 1 aromatic carbocycles. The fraction of sp³-hybridized carbons (Fsp3) is 0. The van der Waals surface area contributed by atoms with E-state index < -0.39 is 10.9 Å². The Morgan fingerprint density at radius 1 is 1.43 bits per heavy atom. The minimum absolute atomic E-state index is 0.00826. The molecule has 2 rings (SSSR count). The highest BCUT2D eigenvalue weighted by Crippen LogP contribution is 2.34. The van der Waals surface area contributed by atoms with Crippen LogP contribution < -0.4 is 4.74 Å². The third-order valence-electron chi connectivity index (χ3n) is 2.38. The summed E-state index contributed by atoms with van der Waals surface area (Å²) < 4.78 is 5.72. The Balaban J connectivity index is 2.39. The summed E-state index contributed by atoms with van der Waals surface area (Å²) in [5.41, 5.74) is -0.367. The summed E-state index contributed by atoms with van der Waals surface area (Å²) in [7, 11) is 0. The molecule has 0 amide bonds. The van der Waals surface area contributed by atoms with Gasteiger partial charge < -0.3 is 9.84 Å². The molecule has 2 aromatic rings. The van der Waals surface area contributed by atoms with Crippen molar-refractivity contribution in [1.29, 1.82) is 0 Å². The molecule has 1 aromatic heterocycles. The number of ether oxygens (including phenoxy) is 1. The zero-order valence-electron chi connectivity index (χ0n) is 10.1. The van der Waals surface area contributed by atoms with Crippen LogP contribution in [0.15, 0.2) is 34.9 Å². The first-order chi connectivity index (χ1) is 9.88. The van der Waals surface area contributed by atoms with Crippen LogP contribution in [0, 0.1) is 10.1 Å². The molecule has 1 N–H and O–H groups in total. The summed E-state index contributed by atoms with van der Waals surface area (Å²) in [6.45, 7) is 0. The van der Waals surface area contributed by atoms with E-state index in [9.17, 15) is 14.9 Å². The molecular weight excluding hydrogens is 367 g/mol. The quantitative estimate of drug-likeness (QED) is 0.644. The molecule has 0 saturated heterocycles. The normalized spacial score (nSPS) is 10.2. The number of nitrogens with zero attached hydrogens (tertiary/aromatic N) is 2. The Morgan fingerprint density at radius 2 is 2.14 bits per heavy atom. The maximum absolute atomic E-state index is 10.9. The van der Waals surface area contributed by atoms with E-state index in [-0.39, 0.29) is 27.9 Å². The predicted molar refractivity (Wildman–Crippen MR) is 77.1 cm³/mol. The van der Waals surface area contributed by atoms with Gasteiger partial charge in [-0.25, -0.2) is 9.78 Å². The molecular formula is C12H6BrClN2O5. The fourth-order valence-electron chi connectivity index (χ4n) is 1.45. The van der Waals surface area contributed by atoms with Gasteiger partial charge in [0.1, 0.15) is 5.75 Å². The van der Waals surface area contributed by atoms with Crippen molar-refractivity contribution in [1.82, 2.24) is 4.98 Å². The maximum Gasteiger partial charge on any atom is 0.335 e. The maximum atomic E-state index is 10.9. The molecule has 0 unspecified atom stereocenters. The van der Waals surface area contributed by atoms with Crippen LogP contribution in [-0.4, -0.2) is 21.0 Å². The minimum Gasteiger partial charge on any atom is -0.478 e. The molecule has 0 aliphatic rings. The average molecular weight is 374 g/mol. The Hall–Kier alpha value is -2.19. The molecule has 1 heterocycles. The highest BCUT2D eigenvalue weighted by Gasteiger charge is 2.19. The van der Waals surface area contributed by atoms with Gasteiger partial charge in [-0.15, -0.1) is 0 Å². The second-order valence-corrected chi connectivity index (χ2v) is 5.11. The predicted octanol–water partition coefficient (Wildman–Crippen LogP) is 3.90. The smallest absolute Gasteiger partial charge is 0.335 e. The van der Waals surface area contributed by atoms with Crippen molar-refractivity contribution in [2.45, 2.75) is 0 Å². The van der Waals surface area contributed by atoms with E-state index in [2.05, 4.69) is 20.9 Å². The summed E-state index contributed by atoms with van der Waals surface area (Å²) in [4.78, 5) is 24.9. The summed E-state index contributed by atoms with van der Waals surface area (Å²) in [5.74, 6) is -1.32. The Morgan fingerprint density at radius 3 is 2.71 bits per heavy atom. The summed E-state index contributed by atoms with van der Waals surface area (Å²) in [5, 5.41) is 19.8. The summed E-state index contributed by atoms with van der Waals surface area (Å²) >= 11 is 8.97. The molecule has 0 aliphatic heterocycles. The van der Waals surface area contributed by atoms with E-state index >= 15 is 0 Å². The van der Waals surface area contributed by atoms with E-state index in [1.165, 1.54) is 30.5 Å². The number of carboxylic acid groups (broad SMARTS) is 1. The summed E-state index contributed by atoms with van der Waals surface area (Å²) in [6.07, 6.45) is 1.34. The van der Waals surface area contributed by atoms with Gasteiger partial charge in [-0.3, -0.25) is 10.1 Å².